The Balaban J connectivity index is 1.77. The average Bonchev–Trinajstić information content (AvgIpc) is 3.05. The minimum Gasteiger partial charge on any atom is -0.382 e. The molecule has 0 spiro atoms. The first kappa shape index (κ1) is 13.0. The quantitative estimate of drug-likeness (QED) is 0.744. The highest BCUT2D eigenvalue weighted by Crippen LogP contribution is 2.29. The molecule has 4 rings (SSSR count). The molecule has 1 aromatic carbocycles. The fourth-order valence-corrected chi connectivity index (χ4v) is 2.77. The molecule has 1 atom stereocenters. The summed E-state index contributed by atoms with van der Waals surface area (Å²) in [5.41, 5.74) is 8.44. The van der Waals surface area contributed by atoms with Crippen LogP contribution in [0, 0.1) is 0 Å². The van der Waals surface area contributed by atoms with Gasteiger partial charge < -0.3 is 20.4 Å². The first-order valence-electron chi connectivity index (χ1n) is 7.19. The van der Waals surface area contributed by atoms with Crippen molar-refractivity contribution in [2.75, 3.05) is 30.4 Å². The van der Waals surface area contributed by atoms with Crippen LogP contribution in [-0.2, 0) is 4.74 Å². The molecule has 0 unspecified atom stereocenters. The highest BCUT2D eigenvalue weighted by molar-refractivity contribution is 5.82. The Labute approximate surface area is 127 Å². The van der Waals surface area contributed by atoms with Crippen molar-refractivity contribution in [3.8, 4) is 0 Å². The summed E-state index contributed by atoms with van der Waals surface area (Å²) in [6.45, 7) is 1.96. The molecule has 0 amide bonds. The van der Waals surface area contributed by atoms with Crippen LogP contribution in [0.15, 0.2) is 36.7 Å². The standard InChI is InChI=1S/C15H16N6O/c16-13-12-14(18-9-17-12)20-15(19-13)21-6-7-22-8-11(21)10-4-2-1-3-5-10/h1-5,9,11H,6-8H2,(H3,16,17,18,19,20)/t11-/m0/s1. The van der Waals surface area contributed by atoms with E-state index in [1.54, 1.807) is 6.33 Å². The molecule has 0 bridgehead atoms. The monoisotopic (exact) mass is 296 g/mol. The fourth-order valence-electron chi connectivity index (χ4n) is 2.77. The lowest BCUT2D eigenvalue weighted by atomic mass is 10.1. The van der Waals surface area contributed by atoms with Crippen molar-refractivity contribution in [3.05, 3.63) is 42.2 Å². The normalized spacial score (nSPS) is 18.7. The van der Waals surface area contributed by atoms with Gasteiger partial charge in [-0.25, -0.2) is 4.98 Å². The van der Waals surface area contributed by atoms with E-state index in [0.717, 1.165) is 6.54 Å². The molecule has 3 heterocycles. The van der Waals surface area contributed by atoms with Crippen molar-refractivity contribution >= 4 is 22.9 Å². The van der Waals surface area contributed by atoms with Crippen molar-refractivity contribution in [3.63, 3.8) is 0 Å². The molecular weight excluding hydrogens is 280 g/mol. The summed E-state index contributed by atoms with van der Waals surface area (Å²) in [6, 6.07) is 10.3. The number of nitrogens with zero attached hydrogens (tertiary/aromatic N) is 4. The van der Waals surface area contributed by atoms with Gasteiger partial charge in [0.25, 0.3) is 0 Å². The van der Waals surface area contributed by atoms with E-state index in [-0.39, 0.29) is 6.04 Å². The lowest BCUT2D eigenvalue weighted by molar-refractivity contribution is 0.0933. The van der Waals surface area contributed by atoms with Crippen molar-refractivity contribution in [2.45, 2.75) is 6.04 Å². The number of hydrogen-bond acceptors (Lipinski definition) is 6. The topological polar surface area (TPSA) is 92.9 Å². The summed E-state index contributed by atoms with van der Waals surface area (Å²) in [7, 11) is 0. The first-order valence-corrected chi connectivity index (χ1v) is 7.19. The van der Waals surface area contributed by atoms with Crippen LogP contribution in [0.25, 0.3) is 11.2 Å². The van der Waals surface area contributed by atoms with E-state index in [9.17, 15) is 0 Å². The fraction of sp³-hybridized carbons (Fsp3) is 0.267. The lowest BCUT2D eigenvalue weighted by Crippen LogP contribution is -2.40. The molecule has 0 radical (unpaired) electrons. The summed E-state index contributed by atoms with van der Waals surface area (Å²) in [6.07, 6.45) is 1.58. The maximum atomic E-state index is 6.01. The van der Waals surface area contributed by atoms with Gasteiger partial charge in [-0.3, -0.25) is 0 Å². The minimum absolute atomic E-state index is 0.0748. The number of benzene rings is 1. The number of H-pyrrole nitrogens is 1. The predicted molar refractivity (Wildman–Crippen MR) is 83.4 cm³/mol. The molecule has 1 fully saturated rings. The van der Waals surface area contributed by atoms with Crippen LogP contribution in [0.1, 0.15) is 11.6 Å². The third-order valence-corrected chi connectivity index (χ3v) is 3.87. The van der Waals surface area contributed by atoms with Crippen LogP contribution in [0.2, 0.25) is 0 Å². The average molecular weight is 296 g/mol. The number of rotatable bonds is 2. The molecule has 3 N–H and O–H groups in total. The molecule has 3 aromatic rings. The van der Waals surface area contributed by atoms with Crippen LogP contribution >= 0.6 is 0 Å². The van der Waals surface area contributed by atoms with Crippen LogP contribution in [-0.4, -0.2) is 39.7 Å². The second-order valence-electron chi connectivity index (χ2n) is 5.20. The number of anilines is 2. The third kappa shape index (κ3) is 2.15. The number of hydrogen-bond donors (Lipinski definition) is 2. The number of nitrogen functional groups attached to an aromatic ring is 1. The van der Waals surface area contributed by atoms with E-state index < -0.39 is 0 Å². The maximum Gasteiger partial charge on any atom is 0.230 e. The van der Waals surface area contributed by atoms with E-state index in [4.69, 9.17) is 10.5 Å². The predicted octanol–water partition coefficient (Wildman–Crippen LogP) is 1.51. The van der Waals surface area contributed by atoms with Gasteiger partial charge in [-0.15, -0.1) is 0 Å². The van der Waals surface area contributed by atoms with Gasteiger partial charge in [-0.2, -0.15) is 9.97 Å². The molecule has 2 aromatic heterocycles. The van der Waals surface area contributed by atoms with Crippen molar-refractivity contribution in [1.82, 2.24) is 19.9 Å². The number of nitrogens with one attached hydrogen (secondary N) is 1. The van der Waals surface area contributed by atoms with Crippen molar-refractivity contribution < 1.29 is 4.74 Å². The summed E-state index contributed by atoms with van der Waals surface area (Å²) in [4.78, 5) is 18.2. The number of aromatic nitrogens is 4. The highest BCUT2D eigenvalue weighted by Gasteiger charge is 2.27. The summed E-state index contributed by atoms with van der Waals surface area (Å²) < 4.78 is 5.64. The van der Waals surface area contributed by atoms with Gasteiger partial charge in [-0.05, 0) is 5.56 Å². The van der Waals surface area contributed by atoms with Gasteiger partial charge in [0.15, 0.2) is 11.5 Å². The van der Waals surface area contributed by atoms with E-state index >= 15 is 0 Å². The van der Waals surface area contributed by atoms with Crippen LogP contribution < -0.4 is 10.6 Å². The van der Waals surface area contributed by atoms with Gasteiger partial charge >= 0.3 is 0 Å². The number of ether oxygens (including phenoxy) is 1. The molecule has 7 heteroatoms. The van der Waals surface area contributed by atoms with E-state index in [0.29, 0.717) is 36.1 Å². The number of morpholine rings is 1. The zero-order valence-electron chi connectivity index (χ0n) is 11.9. The number of aromatic amines is 1. The van der Waals surface area contributed by atoms with Gasteiger partial charge in [0.1, 0.15) is 5.52 Å². The van der Waals surface area contributed by atoms with E-state index in [1.807, 2.05) is 18.2 Å². The zero-order chi connectivity index (χ0) is 14.9. The van der Waals surface area contributed by atoms with Crippen molar-refractivity contribution in [2.24, 2.45) is 0 Å². The molecular formula is C15H16N6O. The Bertz CT molecular complexity index is 787. The number of nitrogens with two attached hydrogens (primary N) is 1. The molecule has 7 nitrogen and oxygen atoms in total. The second-order valence-corrected chi connectivity index (χ2v) is 5.20. The molecule has 1 saturated heterocycles. The Kier molecular flexibility index (Phi) is 3.12. The molecule has 1 aliphatic heterocycles. The Morgan fingerprint density at radius 1 is 1.23 bits per heavy atom. The molecule has 0 saturated carbocycles. The van der Waals surface area contributed by atoms with Crippen LogP contribution in [0.4, 0.5) is 11.8 Å². The van der Waals surface area contributed by atoms with Gasteiger partial charge in [0.05, 0.1) is 25.6 Å². The smallest absolute Gasteiger partial charge is 0.230 e. The second kappa shape index (κ2) is 5.27. The van der Waals surface area contributed by atoms with E-state index in [2.05, 4.69) is 37.0 Å². The van der Waals surface area contributed by atoms with Crippen LogP contribution in [0.3, 0.4) is 0 Å². The highest BCUT2D eigenvalue weighted by atomic mass is 16.5. The van der Waals surface area contributed by atoms with Gasteiger partial charge in [0, 0.05) is 6.54 Å². The summed E-state index contributed by atoms with van der Waals surface area (Å²) in [5, 5.41) is 0. The summed E-state index contributed by atoms with van der Waals surface area (Å²) >= 11 is 0. The largest absolute Gasteiger partial charge is 0.382 e. The molecule has 0 aliphatic carbocycles. The Morgan fingerprint density at radius 3 is 2.95 bits per heavy atom. The Hall–Kier alpha value is -2.67. The van der Waals surface area contributed by atoms with Gasteiger partial charge in [-0.1, -0.05) is 30.3 Å². The maximum absolute atomic E-state index is 6.01. The van der Waals surface area contributed by atoms with Gasteiger partial charge in [0.2, 0.25) is 5.95 Å². The molecule has 112 valence electrons. The van der Waals surface area contributed by atoms with Crippen LogP contribution in [0.5, 0.6) is 0 Å². The first-order chi connectivity index (χ1) is 10.8. The summed E-state index contributed by atoms with van der Waals surface area (Å²) in [5.74, 6) is 1.00. The van der Waals surface area contributed by atoms with Crippen molar-refractivity contribution in [1.29, 1.82) is 0 Å². The number of fused-ring (bicyclic) bond motifs is 1. The van der Waals surface area contributed by atoms with E-state index in [1.165, 1.54) is 5.56 Å². The zero-order valence-corrected chi connectivity index (χ0v) is 11.9. The lowest BCUT2D eigenvalue weighted by Gasteiger charge is -2.35. The minimum atomic E-state index is 0.0748. The molecule has 22 heavy (non-hydrogen) atoms. The Morgan fingerprint density at radius 2 is 2.09 bits per heavy atom. The third-order valence-electron chi connectivity index (χ3n) is 3.87. The molecule has 1 aliphatic rings. The SMILES string of the molecule is Nc1nc(N2CCOC[C@H]2c2ccccc2)nc2nc[nH]c12. The number of imidazole rings is 1.